The summed E-state index contributed by atoms with van der Waals surface area (Å²) < 4.78 is 32.3. The summed E-state index contributed by atoms with van der Waals surface area (Å²) in [6.45, 7) is 5.68. The molecule has 0 bridgehead atoms. The summed E-state index contributed by atoms with van der Waals surface area (Å²) in [5, 5.41) is 2.93. The molecule has 0 saturated carbocycles. The number of anilines is 2. The van der Waals surface area contributed by atoms with E-state index in [9.17, 15) is 13.2 Å². The number of nitrogens with one attached hydrogen (secondary N) is 1. The number of nitrogens with zero attached hydrogens (tertiary/aromatic N) is 1. The molecule has 0 atom stereocenters. The number of carbonyl (C=O) groups excluding carboxylic acids is 1. The van der Waals surface area contributed by atoms with Gasteiger partial charge in [-0.3, -0.25) is 9.10 Å². The molecule has 3 aromatic carbocycles. The van der Waals surface area contributed by atoms with E-state index in [-0.39, 0.29) is 10.8 Å². The van der Waals surface area contributed by atoms with Gasteiger partial charge >= 0.3 is 0 Å². The van der Waals surface area contributed by atoms with Crippen LogP contribution in [0.1, 0.15) is 27.0 Å². The second kappa shape index (κ2) is 8.81. The van der Waals surface area contributed by atoms with Gasteiger partial charge < -0.3 is 10.1 Å². The zero-order valence-corrected chi connectivity index (χ0v) is 19.1. The fourth-order valence-electron chi connectivity index (χ4n) is 3.25. The molecule has 31 heavy (non-hydrogen) atoms. The highest BCUT2D eigenvalue weighted by molar-refractivity contribution is 7.92. The van der Waals surface area contributed by atoms with Gasteiger partial charge in [-0.25, -0.2) is 8.42 Å². The van der Waals surface area contributed by atoms with Crippen LogP contribution >= 0.6 is 0 Å². The lowest BCUT2D eigenvalue weighted by Gasteiger charge is -2.22. The van der Waals surface area contributed by atoms with Crippen LogP contribution in [0, 0.1) is 20.8 Å². The number of ether oxygens (including phenoxy) is 1. The highest BCUT2D eigenvalue weighted by Crippen LogP contribution is 2.27. The average molecular weight is 439 g/mol. The van der Waals surface area contributed by atoms with E-state index in [2.05, 4.69) is 5.32 Å². The maximum Gasteiger partial charge on any atom is 0.264 e. The zero-order valence-electron chi connectivity index (χ0n) is 18.3. The molecular weight excluding hydrogens is 412 g/mol. The van der Waals surface area contributed by atoms with Gasteiger partial charge in [-0.05, 0) is 86.0 Å². The van der Waals surface area contributed by atoms with Gasteiger partial charge in [0, 0.05) is 18.3 Å². The van der Waals surface area contributed by atoms with Crippen LogP contribution in [0.4, 0.5) is 11.4 Å². The van der Waals surface area contributed by atoms with Crippen molar-refractivity contribution in [2.45, 2.75) is 25.7 Å². The number of hydrogen-bond acceptors (Lipinski definition) is 4. The first kappa shape index (κ1) is 22.4. The lowest BCUT2D eigenvalue weighted by Crippen LogP contribution is -2.27. The molecule has 0 fully saturated rings. The van der Waals surface area contributed by atoms with E-state index < -0.39 is 10.0 Å². The Balaban J connectivity index is 1.85. The average Bonchev–Trinajstić information content (AvgIpc) is 2.75. The summed E-state index contributed by atoms with van der Waals surface area (Å²) in [7, 11) is -0.732. The SMILES string of the molecule is COc1ccc(S(=O)(=O)N(C)c2ccc(C(=O)Nc3cc(C)ccc3C)cc2C)cc1. The highest BCUT2D eigenvalue weighted by atomic mass is 32.2. The monoisotopic (exact) mass is 438 g/mol. The predicted octanol–water partition coefficient (Wildman–Crippen LogP) is 4.70. The number of carbonyl (C=O) groups is 1. The van der Waals surface area contributed by atoms with Crippen LogP contribution in [0.2, 0.25) is 0 Å². The van der Waals surface area contributed by atoms with E-state index in [0.717, 1.165) is 16.8 Å². The molecule has 1 N–H and O–H groups in total. The van der Waals surface area contributed by atoms with Gasteiger partial charge in [0.05, 0.1) is 17.7 Å². The van der Waals surface area contributed by atoms with E-state index in [1.807, 2.05) is 32.0 Å². The molecule has 0 spiro atoms. The third kappa shape index (κ3) is 4.72. The van der Waals surface area contributed by atoms with Gasteiger partial charge in [-0.1, -0.05) is 12.1 Å². The maximum atomic E-state index is 13.0. The summed E-state index contributed by atoms with van der Waals surface area (Å²) in [5.41, 5.74) is 4.41. The van der Waals surface area contributed by atoms with Crippen molar-refractivity contribution in [3.05, 3.63) is 82.9 Å². The standard InChI is InChI=1S/C24H26N2O4S/c1-16-6-7-17(2)22(14-16)25-24(27)19-8-13-23(18(3)15-19)26(4)31(28,29)21-11-9-20(30-5)10-12-21/h6-15H,1-5H3,(H,25,27). The largest absolute Gasteiger partial charge is 0.497 e. The third-order valence-corrected chi connectivity index (χ3v) is 6.94. The predicted molar refractivity (Wildman–Crippen MR) is 124 cm³/mol. The van der Waals surface area contributed by atoms with Crippen molar-refractivity contribution >= 4 is 27.3 Å². The smallest absolute Gasteiger partial charge is 0.264 e. The van der Waals surface area contributed by atoms with Crippen LogP contribution in [0.15, 0.2) is 65.6 Å². The molecule has 3 rings (SSSR count). The van der Waals surface area contributed by atoms with Gasteiger partial charge in [0.2, 0.25) is 0 Å². The lowest BCUT2D eigenvalue weighted by atomic mass is 10.1. The summed E-state index contributed by atoms with van der Waals surface area (Å²) in [6, 6.07) is 17.1. The molecule has 1 amide bonds. The number of sulfonamides is 1. The van der Waals surface area contributed by atoms with Crippen molar-refractivity contribution in [1.82, 2.24) is 0 Å². The summed E-state index contributed by atoms with van der Waals surface area (Å²) in [6.07, 6.45) is 0. The Labute approximate surface area is 183 Å². The minimum absolute atomic E-state index is 0.159. The van der Waals surface area contributed by atoms with Crippen molar-refractivity contribution in [3.63, 3.8) is 0 Å². The molecule has 0 radical (unpaired) electrons. The van der Waals surface area contributed by atoms with Crippen molar-refractivity contribution in [1.29, 1.82) is 0 Å². The molecule has 0 aliphatic heterocycles. The Kier molecular flexibility index (Phi) is 6.36. The van der Waals surface area contributed by atoms with E-state index in [4.69, 9.17) is 4.74 Å². The van der Waals surface area contributed by atoms with Crippen LogP contribution in [0.5, 0.6) is 5.75 Å². The van der Waals surface area contributed by atoms with E-state index in [1.165, 1.54) is 30.6 Å². The first-order valence-electron chi connectivity index (χ1n) is 9.75. The van der Waals surface area contributed by atoms with Crippen LogP contribution < -0.4 is 14.4 Å². The Morgan fingerprint density at radius 1 is 0.903 bits per heavy atom. The zero-order chi connectivity index (χ0) is 22.8. The van der Waals surface area contributed by atoms with E-state index in [1.54, 1.807) is 37.3 Å². The third-order valence-electron chi connectivity index (χ3n) is 5.16. The van der Waals surface area contributed by atoms with Crippen molar-refractivity contribution in [2.24, 2.45) is 0 Å². The van der Waals surface area contributed by atoms with Crippen LogP contribution in [-0.2, 0) is 10.0 Å². The first-order chi connectivity index (χ1) is 14.6. The minimum Gasteiger partial charge on any atom is -0.497 e. The Morgan fingerprint density at radius 2 is 1.58 bits per heavy atom. The highest BCUT2D eigenvalue weighted by Gasteiger charge is 2.23. The molecule has 0 saturated heterocycles. The Bertz CT molecular complexity index is 1220. The van der Waals surface area contributed by atoms with Gasteiger partial charge in [-0.2, -0.15) is 0 Å². The number of rotatable bonds is 6. The quantitative estimate of drug-likeness (QED) is 0.605. The van der Waals surface area contributed by atoms with Crippen molar-refractivity contribution in [3.8, 4) is 5.75 Å². The fourth-order valence-corrected chi connectivity index (χ4v) is 4.51. The molecule has 3 aromatic rings. The van der Waals surface area contributed by atoms with Crippen molar-refractivity contribution < 1.29 is 17.9 Å². The summed E-state index contributed by atoms with van der Waals surface area (Å²) >= 11 is 0. The topological polar surface area (TPSA) is 75.7 Å². The molecule has 7 heteroatoms. The Morgan fingerprint density at radius 3 is 2.19 bits per heavy atom. The lowest BCUT2D eigenvalue weighted by molar-refractivity contribution is 0.102. The number of aryl methyl sites for hydroxylation is 3. The molecule has 0 unspecified atom stereocenters. The van der Waals surface area contributed by atoms with Crippen LogP contribution in [0.25, 0.3) is 0 Å². The Hall–Kier alpha value is -3.32. The number of hydrogen-bond donors (Lipinski definition) is 1. The fraction of sp³-hybridized carbons (Fsp3) is 0.208. The first-order valence-corrected chi connectivity index (χ1v) is 11.2. The van der Waals surface area contributed by atoms with Crippen LogP contribution in [-0.4, -0.2) is 28.5 Å². The van der Waals surface area contributed by atoms with Crippen molar-refractivity contribution in [2.75, 3.05) is 23.8 Å². The minimum atomic E-state index is -3.75. The van der Waals surface area contributed by atoms with Gasteiger partial charge in [0.1, 0.15) is 5.75 Å². The molecule has 0 aromatic heterocycles. The number of benzene rings is 3. The molecule has 0 heterocycles. The maximum absolute atomic E-state index is 13.0. The second-order valence-electron chi connectivity index (χ2n) is 7.42. The second-order valence-corrected chi connectivity index (χ2v) is 9.39. The van der Waals surface area contributed by atoms with Crippen LogP contribution in [0.3, 0.4) is 0 Å². The van der Waals surface area contributed by atoms with Gasteiger partial charge in [0.15, 0.2) is 0 Å². The normalized spacial score (nSPS) is 11.1. The number of methoxy groups -OCH3 is 1. The number of amides is 1. The summed E-state index contributed by atoms with van der Waals surface area (Å²) in [5.74, 6) is 0.334. The molecule has 0 aliphatic carbocycles. The molecule has 0 aliphatic rings. The van der Waals surface area contributed by atoms with Gasteiger partial charge in [0.25, 0.3) is 15.9 Å². The van der Waals surface area contributed by atoms with Gasteiger partial charge in [-0.15, -0.1) is 0 Å². The van der Waals surface area contributed by atoms with E-state index in [0.29, 0.717) is 22.6 Å². The molecular formula is C24H26N2O4S. The van der Waals surface area contributed by atoms with E-state index >= 15 is 0 Å². The molecule has 162 valence electrons. The molecule has 6 nitrogen and oxygen atoms in total. The summed E-state index contributed by atoms with van der Waals surface area (Å²) in [4.78, 5) is 12.9.